The molecule has 0 radical (unpaired) electrons. The van der Waals surface area contributed by atoms with Crippen LogP contribution in [0.2, 0.25) is 0 Å². The van der Waals surface area contributed by atoms with E-state index in [1.54, 1.807) is 0 Å². The Bertz CT molecular complexity index is 562. The number of benzene rings is 2. The molecular formula is C18H18. The molecule has 0 aliphatic rings. The summed E-state index contributed by atoms with van der Waals surface area (Å²) in [6, 6.07) is 18.6. The molecule has 0 atom stereocenters. The molecule has 2 rings (SSSR count). The molecule has 90 valence electrons. The van der Waals surface area contributed by atoms with Gasteiger partial charge in [0, 0.05) is 0 Å². The van der Waals surface area contributed by atoms with Crippen molar-refractivity contribution in [3.63, 3.8) is 0 Å². The van der Waals surface area contributed by atoms with Gasteiger partial charge in [0.05, 0.1) is 0 Å². The first-order chi connectivity index (χ1) is 8.74. The smallest absolute Gasteiger partial charge is 0.0152 e. The van der Waals surface area contributed by atoms with Gasteiger partial charge < -0.3 is 0 Å². The van der Waals surface area contributed by atoms with Crippen LogP contribution in [0, 0.1) is 0 Å². The molecule has 18 heavy (non-hydrogen) atoms. The van der Waals surface area contributed by atoms with Crippen LogP contribution in [0.1, 0.15) is 23.6 Å². The zero-order valence-corrected chi connectivity index (χ0v) is 10.8. The highest BCUT2D eigenvalue weighted by atomic mass is 14.1. The molecule has 0 amide bonds. The molecule has 0 aliphatic heterocycles. The molecule has 0 heteroatoms. The fourth-order valence-electron chi connectivity index (χ4n) is 2.10. The minimum Gasteiger partial charge on any atom is -0.0906 e. The maximum atomic E-state index is 4.21. The third kappa shape index (κ3) is 2.43. The third-order valence-electron chi connectivity index (χ3n) is 3.21. The van der Waals surface area contributed by atoms with Gasteiger partial charge in [-0.15, -0.1) is 0 Å². The molecule has 0 spiro atoms. The Hall–Kier alpha value is -2.08. The predicted molar refractivity (Wildman–Crippen MR) is 80.3 cm³/mol. The Labute approximate surface area is 109 Å². The second kappa shape index (κ2) is 5.50. The Morgan fingerprint density at radius 3 is 2.11 bits per heavy atom. The summed E-state index contributed by atoms with van der Waals surface area (Å²) in [5.41, 5.74) is 5.66. The number of aryl methyl sites for hydroxylation is 1. The minimum atomic E-state index is 0.997. The summed E-state index contributed by atoms with van der Waals surface area (Å²) in [6.45, 7) is 10.6. The van der Waals surface area contributed by atoms with Crippen molar-refractivity contribution in [2.24, 2.45) is 0 Å². The van der Waals surface area contributed by atoms with Crippen LogP contribution in [0.3, 0.4) is 0 Å². The van der Waals surface area contributed by atoms with Crippen molar-refractivity contribution in [3.8, 4) is 0 Å². The van der Waals surface area contributed by atoms with Crippen LogP contribution in [-0.4, -0.2) is 0 Å². The molecule has 0 bridgehead atoms. The fourth-order valence-corrected chi connectivity index (χ4v) is 2.10. The average molecular weight is 234 g/mol. The highest BCUT2D eigenvalue weighted by Gasteiger charge is 2.08. The Kier molecular flexibility index (Phi) is 3.78. The van der Waals surface area contributed by atoms with E-state index in [0.717, 1.165) is 23.1 Å². The van der Waals surface area contributed by atoms with E-state index in [2.05, 4.69) is 56.5 Å². The van der Waals surface area contributed by atoms with Gasteiger partial charge in [-0.1, -0.05) is 74.7 Å². The molecule has 0 nitrogen and oxygen atoms in total. The van der Waals surface area contributed by atoms with Gasteiger partial charge in [-0.25, -0.2) is 0 Å². The van der Waals surface area contributed by atoms with Crippen LogP contribution in [-0.2, 0) is 6.42 Å². The zero-order valence-electron chi connectivity index (χ0n) is 10.8. The van der Waals surface area contributed by atoms with Gasteiger partial charge in [-0.2, -0.15) is 0 Å². The maximum absolute atomic E-state index is 4.21. The molecule has 0 saturated heterocycles. The number of hydrogen-bond acceptors (Lipinski definition) is 0. The van der Waals surface area contributed by atoms with E-state index in [-0.39, 0.29) is 0 Å². The van der Waals surface area contributed by atoms with E-state index in [1.165, 1.54) is 11.1 Å². The SMILES string of the molecule is C=C(C(=C)c1ccccc1CC)c1ccccc1. The van der Waals surface area contributed by atoms with E-state index in [1.807, 2.05) is 18.2 Å². The van der Waals surface area contributed by atoms with E-state index in [9.17, 15) is 0 Å². The molecule has 0 N–H and O–H groups in total. The summed E-state index contributed by atoms with van der Waals surface area (Å²) in [5.74, 6) is 0. The van der Waals surface area contributed by atoms with Crippen LogP contribution >= 0.6 is 0 Å². The molecular weight excluding hydrogens is 216 g/mol. The van der Waals surface area contributed by atoms with Gasteiger partial charge in [0.25, 0.3) is 0 Å². The van der Waals surface area contributed by atoms with Crippen molar-refractivity contribution in [1.29, 1.82) is 0 Å². The normalized spacial score (nSPS) is 10.1. The van der Waals surface area contributed by atoms with Crippen LogP contribution in [0.5, 0.6) is 0 Å². The zero-order chi connectivity index (χ0) is 13.0. The number of rotatable bonds is 4. The van der Waals surface area contributed by atoms with Crippen LogP contribution in [0.15, 0.2) is 67.8 Å². The Morgan fingerprint density at radius 1 is 0.833 bits per heavy atom. The summed E-state index contributed by atoms with van der Waals surface area (Å²) in [5, 5.41) is 0. The lowest BCUT2D eigenvalue weighted by molar-refractivity contribution is 1.13. The first kappa shape index (κ1) is 12.4. The molecule has 2 aromatic carbocycles. The fraction of sp³-hybridized carbons (Fsp3) is 0.111. The van der Waals surface area contributed by atoms with Crippen molar-refractivity contribution in [2.45, 2.75) is 13.3 Å². The van der Waals surface area contributed by atoms with Crippen LogP contribution in [0.4, 0.5) is 0 Å². The minimum absolute atomic E-state index is 0.997. The van der Waals surface area contributed by atoms with Gasteiger partial charge in [-0.05, 0) is 34.3 Å². The van der Waals surface area contributed by atoms with Gasteiger partial charge in [0.2, 0.25) is 0 Å². The van der Waals surface area contributed by atoms with Gasteiger partial charge in [0.1, 0.15) is 0 Å². The van der Waals surface area contributed by atoms with Crippen molar-refractivity contribution in [3.05, 3.63) is 84.4 Å². The summed E-state index contributed by atoms with van der Waals surface area (Å²) in [6.07, 6.45) is 1.01. The van der Waals surface area contributed by atoms with E-state index >= 15 is 0 Å². The number of hydrogen-bond donors (Lipinski definition) is 0. The van der Waals surface area contributed by atoms with Crippen LogP contribution in [0.25, 0.3) is 11.1 Å². The summed E-state index contributed by atoms with van der Waals surface area (Å²) in [4.78, 5) is 0. The quantitative estimate of drug-likeness (QED) is 0.655. The summed E-state index contributed by atoms with van der Waals surface area (Å²) >= 11 is 0. The van der Waals surface area contributed by atoms with Crippen LogP contribution < -0.4 is 0 Å². The third-order valence-corrected chi connectivity index (χ3v) is 3.21. The first-order valence-corrected chi connectivity index (χ1v) is 6.26. The molecule has 0 aromatic heterocycles. The topological polar surface area (TPSA) is 0 Å². The molecule has 0 heterocycles. The standard InChI is InChI=1S/C18H18/c1-4-16-10-8-9-13-18(16)15(3)14(2)17-11-6-5-7-12-17/h5-13H,2-4H2,1H3. The monoisotopic (exact) mass is 234 g/mol. The average Bonchev–Trinajstić information content (AvgIpc) is 2.46. The summed E-state index contributed by atoms with van der Waals surface area (Å²) in [7, 11) is 0. The lowest BCUT2D eigenvalue weighted by Crippen LogP contribution is -1.93. The van der Waals surface area contributed by atoms with Gasteiger partial charge >= 0.3 is 0 Å². The van der Waals surface area contributed by atoms with Crippen molar-refractivity contribution in [1.82, 2.24) is 0 Å². The maximum Gasteiger partial charge on any atom is -0.0152 e. The van der Waals surface area contributed by atoms with Crippen molar-refractivity contribution < 1.29 is 0 Å². The molecule has 0 unspecified atom stereocenters. The number of allylic oxidation sites excluding steroid dienone is 2. The largest absolute Gasteiger partial charge is 0.0906 e. The van der Waals surface area contributed by atoms with Gasteiger partial charge in [0.15, 0.2) is 0 Å². The van der Waals surface area contributed by atoms with E-state index in [4.69, 9.17) is 0 Å². The second-order valence-electron chi connectivity index (χ2n) is 4.33. The van der Waals surface area contributed by atoms with E-state index in [0.29, 0.717) is 0 Å². The summed E-state index contributed by atoms with van der Waals surface area (Å²) < 4.78 is 0. The van der Waals surface area contributed by atoms with Gasteiger partial charge in [-0.3, -0.25) is 0 Å². The molecule has 2 aromatic rings. The highest BCUT2D eigenvalue weighted by molar-refractivity contribution is 6.03. The molecule has 0 fully saturated rings. The molecule has 0 aliphatic carbocycles. The molecule has 0 saturated carbocycles. The Balaban J connectivity index is 2.35. The van der Waals surface area contributed by atoms with Crippen molar-refractivity contribution in [2.75, 3.05) is 0 Å². The lowest BCUT2D eigenvalue weighted by atomic mass is 9.91. The predicted octanol–water partition coefficient (Wildman–Crippen LogP) is 4.98. The highest BCUT2D eigenvalue weighted by Crippen LogP contribution is 2.30. The van der Waals surface area contributed by atoms with Crippen molar-refractivity contribution >= 4 is 11.1 Å². The van der Waals surface area contributed by atoms with E-state index < -0.39 is 0 Å². The lowest BCUT2D eigenvalue weighted by Gasteiger charge is -2.13. The second-order valence-corrected chi connectivity index (χ2v) is 4.33. The Morgan fingerprint density at radius 2 is 1.44 bits per heavy atom. The first-order valence-electron chi connectivity index (χ1n) is 6.26.